The van der Waals surface area contributed by atoms with E-state index in [-0.39, 0.29) is 37.5 Å². The Bertz CT molecular complexity index is 1880. The van der Waals surface area contributed by atoms with Gasteiger partial charge in [0.05, 0.1) is 53.4 Å². The largest absolute Gasteiger partial charge is 0.459 e. The molecule has 0 spiro atoms. The Morgan fingerprint density at radius 3 is 2.23 bits per heavy atom. The van der Waals surface area contributed by atoms with E-state index in [9.17, 15) is 30.3 Å². The fraction of sp³-hybridized carbons (Fsp3) is 0.837. The fourth-order valence-corrected chi connectivity index (χ4v) is 10.7. The molecular formula is C49H84N6O15. The van der Waals surface area contributed by atoms with Crippen LogP contribution < -0.4 is 0 Å². The van der Waals surface area contributed by atoms with Gasteiger partial charge in [-0.05, 0) is 105 Å². The molecule has 70 heavy (non-hydrogen) atoms. The SMILES string of the molecule is CC[C@H]1OC(=O)[C@H](C)[C@@H](O[C@H]2C[C@@](C)(OC)[C@@H](O)[C@H](C)O2)[C@H](C)[C@@H](O[C@@H]2O[C@H](C)C[C@H](N(C)CCc3cn([C@@H](Cc4ccncc4)OC)nn3)[C@H]2O)[C@](C)(O)C[C@@H](C)CN(C)[C@H](C)[C@@H](O)[C@]1(C)O.O=O. The van der Waals surface area contributed by atoms with Crippen LogP contribution in [-0.2, 0) is 50.8 Å². The summed E-state index contributed by atoms with van der Waals surface area (Å²) < 4.78 is 45.7. The van der Waals surface area contributed by atoms with Crippen molar-refractivity contribution in [2.24, 2.45) is 17.8 Å². The highest BCUT2D eigenvalue weighted by Crippen LogP contribution is 2.40. The number of aliphatic hydroxyl groups excluding tert-OH is 3. The summed E-state index contributed by atoms with van der Waals surface area (Å²) in [6.45, 7) is 18.5. The molecule has 2 aromatic rings. The van der Waals surface area contributed by atoms with Gasteiger partial charge in [-0.15, -0.1) is 5.10 Å². The van der Waals surface area contributed by atoms with Crippen LogP contribution in [0, 0.1) is 27.7 Å². The number of pyridine rings is 1. The average molecular weight is 997 g/mol. The van der Waals surface area contributed by atoms with Crippen molar-refractivity contribution in [3.63, 3.8) is 0 Å². The van der Waals surface area contributed by atoms with Crippen LogP contribution >= 0.6 is 0 Å². The van der Waals surface area contributed by atoms with Crippen molar-refractivity contribution in [3.05, 3.63) is 51.9 Å². The third kappa shape index (κ3) is 14.3. The topological polar surface area (TPSA) is 267 Å². The van der Waals surface area contributed by atoms with Gasteiger partial charge in [0.15, 0.2) is 18.8 Å². The number of cyclic esters (lactones) is 1. The Balaban J connectivity index is 0.00000526. The van der Waals surface area contributed by atoms with E-state index in [1.807, 2.05) is 58.1 Å². The summed E-state index contributed by atoms with van der Waals surface area (Å²) in [7, 11) is 6.91. The Hall–Kier alpha value is -3.16. The second-order valence-electron chi connectivity index (χ2n) is 20.9. The molecule has 0 bridgehead atoms. The number of nitrogens with zero attached hydrogens (tertiary/aromatic N) is 6. The number of methoxy groups -OCH3 is 2. The minimum Gasteiger partial charge on any atom is -0.459 e. The third-order valence-electron chi connectivity index (χ3n) is 15.1. The molecule has 0 aliphatic carbocycles. The molecule has 3 saturated heterocycles. The quantitative estimate of drug-likeness (QED) is 0.170. The van der Waals surface area contributed by atoms with Gasteiger partial charge >= 0.3 is 5.97 Å². The highest BCUT2D eigenvalue weighted by atomic mass is 16.7. The van der Waals surface area contributed by atoms with Crippen molar-refractivity contribution >= 4 is 5.97 Å². The Kier molecular flexibility index (Phi) is 21.8. The number of ether oxygens (including phenoxy) is 7. The fourth-order valence-electron chi connectivity index (χ4n) is 10.7. The van der Waals surface area contributed by atoms with E-state index >= 15 is 0 Å². The summed E-state index contributed by atoms with van der Waals surface area (Å²) in [5.41, 5.74) is -2.71. The van der Waals surface area contributed by atoms with E-state index < -0.39 is 102 Å². The number of carbonyl (C=O) groups excluding carboxylic acids is 1. The molecule has 19 atom stereocenters. The van der Waals surface area contributed by atoms with Gasteiger partial charge in [-0.2, -0.15) is 0 Å². The highest BCUT2D eigenvalue weighted by molar-refractivity contribution is 5.73. The number of esters is 1. The number of carbonyl (C=O) groups is 1. The minimum absolute atomic E-state index is 0.104. The molecule has 0 radical (unpaired) electrons. The smallest absolute Gasteiger partial charge is 0.311 e. The lowest BCUT2D eigenvalue weighted by Crippen LogP contribution is -2.61. The summed E-state index contributed by atoms with van der Waals surface area (Å²) >= 11 is 0. The van der Waals surface area contributed by atoms with Crippen molar-refractivity contribution in [2.45, 2.75) is 204 Å². The summed E-state index contributed by atoms with van der Waals surface area (Å²) in [6.07, 6.45) is -2.90. The second kappa shape index (κ2) is 25.7. The second-order valence-corrected chi connectivity index (χ2v) is 20.9. The van der Waals surface area contributed by atoms with Crippen LogP contribution in [0.5, 0.6) is 0 Å². The lowest BCUT2D eigenvalue weighted by Gasteiger charge is -2.49. The molecule has 0 unspecified atom stereocenters. The van der Waals surface area contributed by atoms with Gasteiger partial charge in [0.1, 0.15) is 30.0 Å². The zero-order valence-electron chi connectivity index (χ0n) is 43.8. The van der Waals surface area contributed by atoms with Crippen molar-refractivity contribution in [2.75, 3.05) is 41.4 Å². The van der Waals surface area contributed by atoms with Crippen molar-refractivity contribution in [1.82, 2.24) is 29.8 Å². The third-order valence-corrected chi connectivity index (χ3v) is 15.1. The summed E-state index contributed by atoms with van der Waals surface area (Å²) in [4.78, 5) is 36.5. The highest BCUT2D eigenvalue weighted by Gasteiger charge is 2.53. The Labute approximate surface area is 413 Å². The predicted molar refractivity (Wildman–Crippen MR) is 258 cm³/mol. The molecule has 400 valence electrons. The van der Waals surface area contributed by atoms with Gasteiger partial charge in [-0.1, -0.05) is 26.0 Å². The number of likely N-dealkylation sites (N-methyl/N-ethyl adjacent to an activating group) is 2. The molecule has 5 rings (SSSR count). The molecule has 21 heteroatoms. The van der Waals surface area contributed by atoms with Crippen LogP contribution in [0.4, 0.5) is 0 Å². The predicted octanol–water partition coefficient (Wildman–Crippen LogP) is 2.95. The van der Waals surface area contributed by atoms with Crippen molar-refractivity contribution < 1.29 is 63.5 Å². The van der Waals surface area contributed by atoms with Crippen molar-refractivity contribution in [3.8, 4) is 0 Å². The van der Waals surface area contributed by atoms with Gasteiger partial charge in [-0.3, -0.25) is 9.78 Å². The first-order valence-corrected chi connectivity index (χ1v) is 24.6. The van der Waals surface area contributed by atoms with Crippen LogP contribution in [-0.4, -0.2) is 193 Å². The first-order chi connectivity index (χ1) is 32.9. The zero-order chi connectivity index (χ0) is 52.5. The standard InChI is InChI=1S/C49H84N6O13.O2/c1-15-37-49(10,61)42(57)32(6)54(12)26-28(2)24-47(8,60)44(30(4)41(31(5)45(59)66-37)67-39-25-48(9,63-14)43(58)33(7)65-39)68-46-40(56)36(22-29(3)64-46)53(11)21-18-35-27-55(52-51-35)38(62-13)23-34-16-19-50-20-17-34;1-2/h16-17,19-20,27-33,36-44,46,56-58,60-61H,15,18,21-26H2,1-14H3;/t28-,29-,30+,31-,32-,33+,36+,37-,38-,39+,40-,41+,42-,43+,44-,46+,47-,48-,49-;/m1./s1. The van der Waals surface area contributed by atoms with E-state index in [1.165, 1.54) is 14.0 Å². The van der Waals surface area contributed by atoms with E-state index in [4.69, 9.17) is 43.1 Å². The molecular weight excluding hydrogens is 913 g/mol. The minimum atomic E-state index is -1.83. The molecule has 5 heterocycles. The summed E-state index contributed by atoms with van der Waals surface area (Å²) in [5.74, 6) is -2.77. The maximum atomic E-state index is 14.5. The lowest BCUT2D eigenvalue weighted by atomic mass is 9.77. The van der Waals surface area contributed by atoms with Gasteiger partial charge in [0.2, 0.25) is 0 Å². The first kappa shape index (κ1) is 59.4. The van der Waals surface area contributed by atoms with Crippen LogP contribution in [0.2, 0.25) is 0 Å². The van der Waals surface area contributed by atoms with Gasteiger partial charge in [0.25, 0.3) is 0 Å². The molecule has 21 nitrogen and oxygen atoms in total. The lowest BCUT2D eigenvalue weighted by molar-refractivity contribution is -0.318. The molecule has 3 aliphatic rings. The Morgan fingerprint density at radius 1 is 0.957 bits per heavy atom. The number of hydrogen-bond acceptors (Lipinski definition) is 20. The molecule has 0 saturated carbocycles. The monoisotopic (exact) mass is 997 g/mol. The molecule has 5 N–H and O–H groups in total. The zero-order valence-corrected chi connectivity index (χ0v) is 43.8. The number of rotatable bonds is 14. The van der Waals surface area contributed by atoms with Crippen LogP contribution in [0.3, 0.4) is 0 Å². The van der Waals surface area contributed by atoms with Crippen molar-refractivity contribution in [1.29, 1.82) is 0 Å². The van der Waals surface area contributed by atoms with Crippen LogP contribution in [0.1, 0.15) is 112 Å². The molecule has 0 amide bonds. The van der Waals surface area contributed by atoms with E-state index in [0.717, 1.165) is 11.3 Å². The molecule has 3 fully saturated rings. The number of aliphatic hydroxyl groups is 5. The van der Waals surface area contributed by atoms with E-state index in [2.05, 4.69) is 20.2 Å². The summed E-state index contributed by atoms with van der Waals surface area (Å²) in [6, 6.07) is 2.88. The maximum absolute atomic E-state index is 14.5. The number of aromatic nitrogens is 4. The van der Waals surface area contributed by atoms with Crippen LogP contribution in [0.25, 0.3) is 0 Å². The molecule has 2 aromatic heterocycles. The van der Waals surface area contributed by atoms with E-state index in [1.54, 1.807) is 65.7 Å². The Morgan fingerprint density at radius 2 is 1.61 bits per heavy atom. The molecule has 3 aliphatic heterocycles. The van der Waals surface area contributed by atoms with Gasteiger partial charge in [-0.25, -0.2) is 4.68 Å². The van der Waals surface area contributed by atoms with Crippen LogP contribution in [0.15, 0.2) is 30.7 Å². The number of hydrogen-bond donors (Lipinski definition) is 5. The first-order valence-electron chi connectivity index (χ1n) is 24.6. The van der Waals surface area contributed by atoms with E-state index in [0.29, 0.717) is 32.4 Å². The average Bonchev–Trinajstić information content (AvgIpc) is 3.80. The maximum Gasteiger partial charge on any atom is 0.311 e. The van der Waals surface area contributed by atoms with Gasteiger partial charge < -0.3 is 68.5 Å². The van der Waals surface area contributed by atoms with Gasteiger partial charge in [0, 0.05) is 86.9 Å². The normalized spacial score (nSPS) is 40.1. The summed E-state index contributed by atoms with van der Waals surface area (Å²) in [5, 5.41) is 68.4. The molecule has 0 aromatic carbocycles.